The van der Waals surface area contributed by atoms with Gasteiger partial charge in [0, 0.05) is 32.1 Å². The zero-order valence-electron chi connectivity index (χ0n) is 15.0. The molecule has 5 nitrogen and oxygen atoms in total. The highest BCUT2D eigenvalue weighted by Gasteiger charge is 2.62. The molecule has 22 heavy (non-hydrogen) atoms. The smallest absolute Gasteiger partial charge is 0.240 e. The van der Waals surface area contributed by atoms with Crippen molar-refractivity contribution in [1.29, 1.82) is 0 Å². The number of rotatable bonds is 6. The second-order valence-electron chi connectivity index (χ2n) is 7.64. The van der Waals surface area contributed by atoms with Gasteiger partial charge in [0.05, 0.1) is 12.2 Å². The Bertz CT molecular complexity index is 382. The molecule has 0 aromatic rings. The summed E-state index contributed by atoms with van der Waals surface area (Å²) in [7, 11) is 1.67. The van der Waals surface area contributed by atoms with E-state index in [4.69, 9.17) is 15.2 Å². The van der Waals surface area contributed by atoms with Crippen LogP contribution in [0.15, 0.2) is 0 Å². The number of carbonyl (C=O) groups excluding carboxylic acids is 1. The molecule has 1 aliphatic rings. The summed E-state index contributed by atoms with van der Waals surface area (Å²) in [6, 6.07) is 0. The van der Waals surface area contributed by atoms with Crippen molar-refractivity contribution in [3.05, 3.63) is 0 Å². The minimum atomic E-state index is -0.872. The molecule has 6 heteroatoms. The first kappa shape index (κ1) is 21.6. The van der Waals surface area contributed by atoms with Gasteiger partial charge >= 0.3 is 0 Å². The molecule has 0 aliphatic heterocycles. The molecule has 3 unspecified atom stereocenters. The quantitative estimate of drug-likeness (QED) is 0.779. The van der Waals surface area contributed by atoms with Crippen molar-refractivity contribution in [2.45, 2.75) is 65.7 Å². The van der Waals surface area contributed by atoms with E-state index in [2.05, 4.69) is 26.1 Å². The van der Waals surface area contributed by atoms with Crippen LogP contribution in [0.4, 0.5) is 0 Å². The van der Waals surface area contributed by atoms with Crippen LogP contribution >= 0.6 is 12.4 Å². The zero-order valence-corrected chi connectivity index (χ0v) is 15.8. The summed E-state index contributed by atoms with van der Waals surface area (Å²) >= 11 is 0. The lowest BCUT2D eigenvalue weighted by Crippen LogP contribution is -2.76. The fourth-order valence-corrected chi connectivity index (χ4v) is 2.91. The third-order valence-corrected chi connectivity index (χ3v) is 4.93. The van der Waals surface area contributed by atoms with E-state index in [1.54, 1.807) is 7.11 Å². The number of nitrogens with one attached hydrogen (secondary N) is 1. The molecular formula is C16H33ClN2O3. The third kappa shape index (κ3) is 3.94. The monoisotopic (exact) mass is 336 g/mol. The maximum absolute atomic E-state index is 12.5. The molecule has 0 saturated heterocycles. The summed E-state index contributed by atoms with van der Waals surface area (Å²) in [5.41, 5.74) is 5.08. The molecule has 0 bridgehead atoms. The molecule has 3 atom stereocenters. The van der Waals surface area contributed by atoms with Crippen molar-refractivity contribution < 1.29 is 14.3 Å². The molecule has 132 valence electrons. The molecule has 0 radical (unpaired) electrons. The highest BCUT2D eigenvalue weighted by molar-refractivity contribution is 5.88. The lowest BCUT2D eigenvalue weighted by Gasteiger charge is -2.57. The van der Waals surface area contributed by atoms with Gasteiger partial charge in [0.15, 0.2) is 0 Å². The van der Waals surface area contributed by atoms with Gasteiger partial charge in [0.25, 0.3) is 0 Å². The molecule has 1 amide bonds. The van der Waals surface area contributed by atoms with Crippen molar-refractivity contribution in [3.8, 4) is 0 Å². The third-order valence-electron chi connectivity index (χ3n) is 4.93. The van der Waals surface area contributed by atoms with Crippen molar-refractivity contribution >= 4 is 18.3 Å². The molecule has 1 aliphatic carbocycles. The molecular weight excluding hydrogens is 304 g/mol. The second-order valence-corrected chi connectivity index (χ2v) is 7.64. The fourth-order valence-electron chi connectivity index (χ4n) is 2.91. The first-order chi connectivity index (χ1) is 9.50. The molecule has 0 aromatic heterocycles. The van der Waals surface area contributed by atoms with E-state index in [9.17, 15) is 4.79 Å². The molecule has 1 rings (SSSR count). The van der Waals surface area contributed by atoms with Gasteiger partial charge < -0.3 is 20.5 Å². The van der Waals surface area contributed by atoms with Gasteiger partial charge in [-0.3, -0.25) is 4.79 Å². The number of hydrogen-bond donors (Lipinski definition) is 2. The van der Waals surface area contributed by atoms with Gasteiger partial charge in [0.2, 0.25) is 5.91 Å². The number of methoxy groups -OCH3 is 1. The highest BCUT2D eigenvalue weighted by Crippen LogP contribution is 2.49. The summed E-state index contributed by atoms with van der Waals surface area (Å²) in [5, 5.41) is 2.96. The van der Waals surface area contributed by atoms with Crippen LogP contribution < -0.4 is 11.1 Å². The minimum absolute atomic E-state index is 0. The van der Waals surface area contributed by atoms with Gasteiger partial charge in [0.1, 0.15) is 5.54 Å². The van der Waals surface area contributed by atoms with Crippen LogP contribution in [0.5, 0.6) is 0 Å². The average Bonchev–Trinajstić information content (AvgIpc) is 2.37. The van der Waals surface area contributed by atoms with Crippen molar-refractivity contribution in [1.82, 2.24) is 5.32 Å². The summed E-state index contributed by atoms with van der Waals surface area (Å²) < 4.78 is 11.1. The molecule has 1 fully saturated rings. The first-order valence-corrected chi connectivity index (χ1v) is 7.72. The summed E-state index contributed by atoms with van der Waals surface area (Å²) in [5.74, 6) is -0.116. The van der Waals surface area contributed by atoms with Gasteiger partial charge in [-0.25, -0.2) is 0 Å². The lowest BCUT2D eigenvalue weighted by molar-refractivity contribution is -0.171. The predicted octanol–water partition coefficient (Wildman–Crippen LogP) is 2.12. The van der Waals surface area contributed by atoms with Crippen molar-refractivity contribution in [2.24, 2.45) is 16.6 Å². The Balaban J connectivity index is 0.00000441. The topological polar surface area (TPSA) is 73.6 Å². The maximum Gasteiger partial charge on any atom is 0.240 e. The van der Waals surface area contributed by atoms with Crippen LogP contribution in [0.25, 0.3) is 0 Å². The van der Waals surface area contributed by atoms with Crippen LogP contribution in [0.3, 0.4) is 0 Å². The van der Waals surface area contributed by atoms with Crippen molar-refractivity contribution in [2.75, 3.05) is 20.3 Å². The van der Waals surface area contributed by atoms with E-state index in [1.807, 2.05) is 20.8 Å². The van der Waals surface area contributed by atoms with Crippen molar-refractivity contribution in [3.63, 3.8) is 0 Å². The Morgan fingerprint density at radius 2 is 1.95 bits per heavy atom. The number of carbonyl (C=O) groups is 1. The molecule has 0 aromatic carbocycles. The van der Waals surface area contributed by atoms with Crippen LogP contribution in [-0.4, -0.2) is 43.9 Å². The summed E-state index contributed by atoms with van der Waals surface area (Å²) in [4.78, 5) is 12.5. The lowest BCUT2D eigenvalue weighted by atomic mass is 9.54. The molecule has 3 N–H and O–H groups in total. The van der Waals surface area contributed by atoms with E-state index in [-0.39, 0.29) is 41.4 Å². The van der Waals surface area contributed by atoms with Gasteiger partial charge in [-0.1, -0.05) is 34.6 Å². The van der Waals surface area contributed by atoms with E-state index >= 15 is 0 Å². The first-order valence-electron chi connectivity index (χ1n) is 7.72. The average molecular weight is 337 g/mol. The van der Waals surface area contributed by atoms with E-state index in [0.29, 0.717) is 19.6 Å². The second kappa shape index (κ2) is 7.47. The Kier molecular flexibility index (Phi) is 7.35. The molecule has 0 spiro atoms. The van der Waals surface area contributed by atoms with Gasteiger partial charge in [-0.2, -0.15) is 0 Å². The van der Waals surface area contributed by atoms with Crippen LogP contribution in [0.1, 0.15) is 48.0 Å². The Hall–Kier alpha value is -0.360. The predicted molar refractivity (Wildman–Crippen MR) is 91.2 cm³/mol. The Morgan fingerprint density at radius 3 is 2.32 bits per heavy atom. The van der Waals surface area contributed by atoms with E-state index in [1.165, 1.54) is 0 Å². The van der Waals surface area contributed by atoms with Crippen LogP contribution in [0.2, 0.25) is 0 Å². The Morgan fingerprint density at radius 1 is 1.41 bits per heavy atom. The van der Waals surface area contributed by atoms with E-state index in [0.717, 1.165) is 0 Å². The van der Waals surface area contributed by atoms with Gasteiger partial charge in [-0.15, -0.1) is 12.4 Å². The summed E-state index contributed by atoms with van der Waals surface area (Å²) in [6.45, 7) is 13.3. The summed E-state index contributed by atoms with van der Waals surface area (Å²) in [6.07, 6.45) is 0.558. The molecule has 1 saturated carbocycles. The standard InChI is InChI=1S/C16H32N2O3.ClH/c1-8-21-11-9-16(17,15(11,5)6)13(19)18-10-12(20-7)14(2,3)4;/h11-12H,8-10,17H2,1-7H3,(H,18,19);1H. The number of halogens is 1. The minimum Gasteiger partial charge on any atom is -0.379 e. The van der Waals surface area contributed by atoms with Crippen LogP contribution in [-0.2, 0) is 14.3 Å². The molecule has 0 heterocycles. The number of hydrogen-bond acceptors (Lipinski definition) is 4. The fraction of sp³-hybridized carbons (Fsp3) is 0.938. The Labute approximate surface area is 141 Å². The maximum atomic E-state index is 12.5. The number of nitrogens with two attached hydrogens (primary N) is 1. The largest absolute Gasteiger partial charge is 0.379 e. The SMILES string of the molecule is CCOC1CC(N)(C(=O)NCC(OC)C(C)(C)C)C1(C)C.Cl. The van der Waals surface area contributed by atoms with Gasteiger partial charge in [-0.05, 0) is 12.3 Å². The highest BCUT2D eigenvalue weighted by atomic mass is 35.5. The number of ether oxygens (including phenoxy) is 2. The van der Waals surface area contributed by atoms with Crippen LogP contribution in [0, 0.1) is 10.8 Å². The normalized spacial score (nSPS) is 28.3. The number of amides is 1. The van der Waals surface area contributed by atoms with E-state index < -0.39 is 5.54 Å². The zero-order chi connectivity index (χ0) is 16.5.